The fourth-order valence-electron chi connectivity index (χ4n) is 3.80. The van der Waals surface area contributed by atoms with Gasteiger partial charge in [0.1, 0.15) is 0 Å². The summed E-state index contributed by atoms with van der Waals surface area (Å²) in [6, 6.07) is 8.46. The first-order valence-corrected chi connectivity index (χ1v) is 9.12. The van der Waals surface area contributed by atoms with Gasteiger partial charge in [-0.1, -0.05) is 24.3 Å². The molecule has 0 spiro atoms. The molecule has 1 saturated heterocycles. The van der Waals surface area contributed by atoms with Gasteiger partial charge in [0.05, 0.1) is 0 Å². The van der Waals surface area contributed by atoms with E-state index >= 15 is 0 Å². The Hall–Kier alpha value is -2.04. The van der Waals surface area contributed by atoms with Crippen LogP contribution in [0, 0.1) is 5.92 Å². The lowest BCUT2D eigenvalue weighted by atomic mass is 9.78. The largest absolute Gasteiger partial charge is 0.341 e. The molecule has 1 heterocycles. The number of fused-ring (bicyclic) bond motifs is 1. The van der Waals surface area contributed by atoms with Crippen LogP contribution in [0.25, 0.3) is 0 Å². The predicted molar refractivity (Wildman–Crippen MR) is 91.8 cm³/mol. The second kappa shape index (κ2) is 6.46. The molecule has 2 fully saturated rings. The van der Waals surface area contributed by atoms with Crippen molar-refractivity contribution in [2.24, 2.45) is 5.92 Å². The molecular formula is C19H25N3O2. The first-order chi connectivity index (χ1) is 11.7. The van der Waals surface area contributed by atoms with Gasteiger partial charge < -0.3 is 15.1 Å². The number of benzene rings is 1. The summed E-state index contributed by atoms with van der Waals surface area (Å²) in [5.74, 6) is 1.01. The summed E-state index contributed by atoms with van der Waals surface area (Å²) in [5, 5.41) is 3.09. The van der Waals surface area contributed by atoms with E-state index in [-0.39, 0.29) is 11.9 Å². The van der Waals surface area contributed by atoms with Crippen LogP contribution in [0.15, 0.2) is 24.3 Å². The van der Waals surface area contributed by atoms with Gasteiger partial charge in [-0.05, 0) is 36.8 Å². The normalized spacial score (nSPS) is 23.1. The molecule has 24 heavy (non-hydrogen) atoms. The zero-order valence-corrected chi connectivity index (χ0v) is 14.0. The number of hydrogen-bond donors (Lipinski definition) is 1. The van der Waals surface area contributed by atoms with E-state index in [1.807, 2.05) is 9.80 Å². The Bertz CT molecular complexity index is 641. The van der Waals surface area contributed by atoms with Crippen molar-refractivity contribution >= 4 is 11.9 Å². The van der Waals surface area contributed by atoms with Crippen LogP contribution in [0.3, 0.4) is 0 Å². The highest BCUT2D eigenvalue weighted by Crippen LogP contribution is 2.34. The second-order valence-corrected chi connectivity index (χ2v) is 7.23. The van der Waals surface area contributed by atoms with Gasteiger partial charge in [-0.2, -0.15) is 0 Å². The van der Waals surface area contributed by atoms with Gasteiger partial charge in [-0.3, -0.25) is 4.79 Å². The van der Waals surface area contributed by atoms with Crippen LogP contribution >= 0.6 is 0 Å². The number of nitrogens with one attached hydrogen (secondary N) is 1. The molecule has 1 aromatic rings. The predicted octanol–water partition coefficient (Wildman–Crippen LogP) is 1.98. The molecule has 128 valence electrons. The Labute approximate surface area is 143 Å². The van der Waals surface area contributed by atoms with Gasteiger partial charge in [-0.25, -0.2) is 4.79 Å². The molecule has 4 rings (SSSR count). The number of nitrogens with zero attached hydrogens (tertiary/aromatic N) is 2. The summed E-state index contributed by atoms with van der Waals surface area (Å²) in [6.45, 7) is 3.55. The fraction of sp³-hybridized carbons (Fsp3) is 0.579. The van der Waals surface area contributed by atoms with E-state index in [4.69, 9.17) is 0 Å². The van der Waals surface area contributed by atoms with Crippen LogP contribution in [0.2, 0.25) is 0 Å². The number of carbonyl (C=O) groups excluding carboxylic acids is 2. The van der Waals surface area contributed by atoms with E-state index in [1.54, 1.807) is 0 Å². The highest BCUT2D eigenvalue weighted by Gasteiger charge is 2.34. The Balaban J connectivity index is 1.25. The minimum atomic E-state index is 0.0140. The molecule has 1 atom stereocenters. The first kappa shape index (κ1) is 15.5. The molecule has 3 aliphatic rings. The van der Waals surface area contributed by atoms with Crippen molar-refractivity contribution < 1.29 is 9.59 Å². The van der Waals surface area contributed by atoms with Crippen LogP contribution < -0.4 is 5.32 Å². The van der Waals surface area contributed by atoms with Gasteiger partial charge in [0.25, 0.3) is 0 Å². The first-order valence-electron chi connectivity index (χ1n) is 9.12. The van der Waals surface area contributed by atoms with Gasteiger partial charge >= 0.3 is 6.03 Å². The summed E-state index contributed by atoms with van der Waals surface area (Å²) < 4.78 is 0. The van der Waals surface area contributed by atoms with Crippen LogP contribution in [0.4, 0.5) is 4.79 Å². The standard InChI is InChI=1S/C19H25N3O2/c23-18(14-6-7-14)21-8-3-9-22(11-10-21)19(24)20-13-16-12-15-4-1-2-5-17(15)16/h1-2,4-5,14,16H,3,6-13H2,(H,20,24). The van der Waals surface area contributed by atoms with Gasteiger partial charge in [-0.15, -0.1) is 0 Å². The van der Waals surface area contributed by atoms with Crippen molar-refractivity contribution in [1.82, 2.24) is 15.1 Å². The molecule has 0 aromatic heterocycles. The molecule has 1 unspecified atom stereocenters. The number of amides is 3. The Morgan fingerprint density at radius 2 is 1.79 bits per heavy atom. The van der Waals surface area contributed by atoms with Crippen LogP contribution in [0.5, 0.6) is 0 Å². The average molecular weight is 327 g/mol. The maximum atomic E-state index is 12.4. The zero-order chi connectivity index (χ0) is 16.5. The van der Waals surface area contributed by atoms with Crippen molar-refractivity contribution in [3.63, 3.8) is 0 Å². The van der Waals surface area contributed by atoms with Crippen molar-refractivity contribution in [3.05, 3.63) is 35.4 Å². The average Bonchev–Trinajstić information content (AvgIpc) is 3.41. The Morgan fingerprint density at radius 1 is 1.04 bits per heavy atom. The lowest BCUT2D eigenvalue weighted by molar-refractivity contribution is -0.132. The number of hydrogen-bond acceptors (Lipinski definition) is 2. The number of rotatable bonds is 3. The fourth-order valence-corrected chi connectivity index (χ4v) is 3.80. The molecular weight excluding hydrogens is 302 g/mol. The van der Waals surface area contributed by atoms with Crippen LogP contribution in [-0.4, -0.2) is 54.5 Å². The quantitative estimate of drug-likeness (QED) is 0.923. The van der Waals surface area contributed by atoms with Gasteiger partial charge in [0, 0.05) is 44.6 Å². The van der Waals surface area contributed by atoms with Crippen molar-refractivity contribution in [3.8, 4) is 0 Å². The van der Waals surface area contributed by atoms with E-state index in [2.05, 4.69) is 29.6 Å². The van der Waals surface area contributed by atoms with E-state index < -0.39 is 0 Å². The summed E-state index contributed by atoms with van der Waals surface area (Å²) in [6.07, 6.45) is 4.02. The minimum Gasteiger partial charge on any atom is -0.341 e. The van der Waals surface area contributed by atoms with Crippen LogP contribution in [0.1, 0.15) is 36.3 Å². The molecule has 0 bridgehead atoms. The highest BCUT2D eigenvalue weighted by molar-refractivity contribution is 5.81. The third-order valence-corrected chi connectivity index (χ3v) is 5.48. The van der Waals surface area contributed by atoms with Crippen molar-refractivity contribution in [2.75, 3.05) is 32.7 Å². The molecule has 3 amide bonds. The third kappa shape index (κ3) is 3.12. The van der Waals surface area contributed by atoms with E-state index in [9.17, 15) is 9.59 Å². The lowest BCUT2D eigenvalue weighted by Gasteiger charge is -2.31. The van der Waals surface area contributed by atoms with E-state index in [1.165, 1.54) is 11.1 Å². The topological polar surface area (TPSA) is 52.7 Å². The summed E-state index contributed by atoms with van der Waals surface area (Å²) in [4.78, 5) is 28.4. The Kier molecular flexibility index (Phi) is 4.17. The van der Waals surface area contributed by atoms with E-state index in [0.29, 0.717) is 31.5 Å². The second-order valence-electron chi connectivity index (χ2n) is 7.23. The third-order valence-electron chi connectivity index (χ3n) is 5.48. The molecule has 0 radical (unpaired) electrons. The molecule has 2 aliphatic carbocycles. The highest BCUT2D eigenvalue weighted by atomic mass is 16.2. The maximum absolute atomic E-state index is 12.4. The molecule has 1 saturated carbocycles. The van der Waals surface area contributed by atoms with E-state index in [0.717, 1.165) is 38.8 Å². The number of urea groups is 1. The van der Waals surface area contributed by atoms with Gasteiger partial charge in [0.15, 0.2) is 0 Å². The maximum Gasteiger partial charge on any atom is 0.317 e. The zero-order valence-electron chi connectivity index (χ0n) is 14.0. The SMILES string of the molecule is O=C(NCC1Cc2ccccc21)N1CCCN(C(=O)C2CC2)CC1. The molecule has 1 aromatic carbocycles. The lowest BCUT2D eigenvalue weighted by Crippen LogP contribution is -2.44. The Morgan fingerprint density at radius 3 is 2.58 bits per heavy atom. The van der Waals surface area contributed by atoms with Gasteiger partial charge in [0.2, 0.25) is 5.91 Å². The molecule has 5 heteroatoms. The number of carbonyl (C=O) groups is 2. The summed E-state index contributed by atoms with van der Waals surface area (Å²) in [5.41, 5.74) is 2.77. The molecule has 5 nitrogen and oxygen atoms in total. The molecule has 1 N–H and O–H groups in total. The van der Waals surface area contributed by atoms with Crippen LogP contribution in [-0.2, 0) is 11.2 Å². The van der Waals surface area contributed by atoms with Crippen molar-refractivity contribution in [2.45, 2.75) is 31.6 Å². The summed E-state index contributed by atoms with van der Waals surface area (Å²) in [7, 11) is 0. The smallest absolute Gasteiger partial charge is 0.317 e. The summed E-state index contributed by atoms with van der Waals surface area (Å²) >= 11 is 0. The minimum absolute atomic E-state index is 0.0140. The molecule has 1 aliphatic heterocycles. The van der Waals surface area contributed by atoms with Crippen molar-refractivity contribution in [1.29, 1.82) is 0 Å². The monoisotopic (exact) mass is 327 g/mol.